The molecule has 2 nitrogen and oxygen atoms in total. The summed E-state index contributed by atoms with van der Waals surface area (Å²) < 4.78 is 5.53. The molecular formula is C16H17Cl2NO. The number of aryl methyl sites for hydroxylation is 1. The van der Waals surface area contributed by atoms with Gasteiger partial charge in [-0.3, -0.25) is 0 Å². The Morgan fingerprint density at radius 3 is 2.95 bits per heavy atom. The first-order valence-electron chi connectivity index (χ1n) is 6.92. The van der Waals surface area contributed by atoms with Gasteiger partial charge in [-0.2, -0.15) is 0 Å². The van der Waals surface area contributed by atoms with Crippen molar-refractivity contribution >= 4 is 23.2 Å². The van der Waals surface area contributed by atoms with Crippen LogP contribution < -0.4 is 5.32 Å². The van der Waals surface area contributed by atoms with Crippen molar-refractivity contribution in [2.45, 2.75) is 38.3 Å². The second kappa shape index (κ2) is 5.80. The van der Waals surface area contributed by atoms with Gasteiger partial charge < -0.3 is 9.73 Å². The van der Waals surface area contributed by atoms with E-state index in [2.05, 4.69) is 18.3 Å². The quantitative estimate of drug-likeness (QED) is 0.830. The number of benzene rings is 1. The van der Waals surface area contributed by atoms with E-state index in [-0.39, 0.29) is 6.04 Å². The van der Waals surface area contributed by atoms with Crippen molar-refractivity contribution in [1.29, 1.82) is 0 Å². The zero-order valence-corrected chi connectivity index (χ0v) is 12.8. The minimum Gasteiger partial charge on any atom is -0.469 e. The van der Waals surface area contributed by atoms with Crippen LogP contribution >= 0.6 is 23.2 Å². The molecule has 1 aliphatic carbocycles. The molecule has 2 atom stereocenters. The summed E-state index contributed by atoms with van der Waals surface area (Å²) in [5, 5.41) is 5.03. The molecule has 1 N–H and O–H groups in total. The zero-order chi connectivity index (χ0) is 14.1. The molecule has 1 aromatic carbocycles. The van der Waals surface area contributed by atoms with Crippen molar-refractivity contribution < 1.29 is 4.42 Å². The van der Waals surface area contributed by atoms with Crippen LogP contribution in [0, 0.1) is 0 Å². The molecule has 0 saturated heterocycles. The van der Waals surface area contributed by atoms with Crippen LogP contribution in [-0.4, -0.2) is 0 Å². The third-order valence-corrected chi connectivity index (χ3v) is 4.49. The van der Waals surface area contributed by atoms with Crippen molar-refractivity contribution in [2.24, 2.45) is 0 Å². The summed E-state index contributed by atoms with van der Waals surface area (Å²) >= 11 is 12.2. The standard InChI is InChI=1S/C16H17Cl2NO/c1-10(12-6-5-11(17)9-14(12)18)19-15-3-2-4-16-13(15)7-8-20-16/h5-10,15,19H,2-4H2,1H3. The molecule has 4 heteroatoms. The fraction of sp³-hybridized carbons (Fsp3) is 0.375. The lowest BCUT2D eigenvalue weighted by atomic mass is 9.92. The van der Waals surface area contributed by atoms with Gasteiger partial charge in [0, 0.05) is 34.1 Å². The molecule has 20 heavy (non-hydrogen) atoms. The van der Waals surface area contributed by atoms with E-state index in [1.807, 2.05) is 12.1 Å². The van der Waals surface area contributed by atoms with Crippen LogP contribution in [0.25, 0.3) is 0 Å². The first-order valence-corrected chi connectivity index (χ1v) is 7.68. The van der Waals surface area contributed by atoms with Gasteiger partial charge in [0.25, 0.3) is 0 Å². The highest BCUT2D eigenvalue weighted by atomic mass is 35.5. The third-order valence-electron chi connectivity index (χ3n) is 3.93. The van der Waals surface area contributed by atoms with Crippen LogP contribution in [0.15, 0.2) is 34.9 Å². The Kier molecular flexibility index (Phi) is 4.06. The van der Waals surface area contributed by atoms with Crippen molar-refractivity contribution in [3.8, 4) is 0 Å². The van der Waals surface area contributed by atoms with Crippen LogP contribution in [0.5, 0.6) is 0 Å². The predicted octanol–water partition coefficient (Wildman–Crippen LogP) is 5.31. The smallest absolute Gasteiger partial charge is 0.108 e. The van der Waals surface area contributed by atoms with Crippen molar-refractivity contribution in [3.05, 3.63) is 57.5 Å². The van der Waals surface area contributed by atoms with E-state index in [0.717, 1.165) is 30.6 Å². The average Bonchev–Trinajstić information content (AvgIpc) is 2.87. The summed E-state index contributed by atoms with van der Waals surface area (Å²) in [7, 11) is 0. The van der Waals surface area contributed by atoms with Gasteiger partial charge in [0.2, 0.25) is 0 Å². The second-order valence-electron chi connectivity index (χ2n) is 5.30. The van der Waals surface area contributed by atoms with Gasteiger partial charge >= 0.3 is 0 Å². The number of halogens is 2. The highest BCUT2D eigenvalue weighted by Gasteiger charge is 2.24. The van der Waals surface area contributed by atoms with E-state index in [4.69, 9.17) is 27.6 Å². The Bertz CT molecular complexity index is 608. The molecule has 0 saturated carbocycles. The summed E-state index contributed by atoms with van der Waals surface area (Å²) in [5.41, 5.74) is 2.36. The monoisotopic (exact) mass is 309 g/mol. The topological polar surface area (TPSA) is 25.2 Å². The number of furan rings is 1. The summed E-state index contributed by atoms with van der Waals surface area (Å²) in [4.78, 5) is 0. The van der Waals surface area contributed by atoms with Gasteiger partial charge in [-0.25, -0.2) is 0 Å². The van der Waals surface area contributed by atoms with E-state index >= 15 is 0 Å². The zero-order valence-electron chi connectivity index (χ0n) is 11.3. The fourth-order valence-electron chi connectivity index (χ4n) is 2.90. The number of hydrogen-bond acceptors (Lipinski definition) is 2. The molecule has 2 aromatic rings. The Morgan fingerprint density at radius 2 is 2.15 bits per heavy atom. The predicted molar refractivity (Wildman–Crippen MR) is 82.4 cm³/mol. The molecular weight excluding hydrogens is 293 g/mol. The van der Waals surface area contributed by atoms with Crippen molar-refractivity contribution in [1.82, 2.24) is 5.32 Å². The lowest BCUT2D eigenvalue weighted by Gasteiger charge is -2.27. The van der Waals surface area contributed by atoms with Gasteiger partial charge in [-0.05, 0) is 43.5 Å². The number of fused-ring (bicyclic) bond motifs is 1. The van der Waals surface area contributed by atoms with Gasteiger partial charge in [0.05, 0.1) is 6.26 Å². The molecule has 2 unspecified atom stereocenters. The molecule has 0 amide bonds. The molecule has 0 aliphatic heterocycles. The fourth-order valence-corrected chi connectivity index (χ4v) is 3.48. The molecule has 0 spiro atoms. The van der Waals surface area contributed by atoms with Gasteiger partial charge in [0.15, 0.2) is 0 Å². The van der Waals surface area contributed by atoms with E-state index in [0.29, 0.717) is 16.1 Å². The summed E-state index contributed by atoms with van der Waals surface area (Å²) in [6.45, 7) is 2.13. The van der Waals surface area contributed by atoms with E-state index in [1.165, 1.54) is 5.56 Å². The molecule has 1 aliphatic rings. The largest absolute Gasteiger partial charge is 0.469 e. The third kappa shape index (κ3) is 2.73. The van der Waals surface area contributed by atoms with Gasteiger partial charge in [0.1, 0.15) is 5.76 Å². The minimum absolute atomic E-state index is 0.172. The van der Waals surface area contributed by atoms with Crippen molar-refractivity contribution in [2.75, 3.05) is 0 Å². The van der Waals surface area contributed by atoms with E-state index in [1.54, 1.807) is 12.3 Å². The van der Waals surface area contributed by atoms with Crippen LogP contribution in [0.4, 0.5) is 0 Å². The maximum absolute atomic E-state index is 6.28. The Morgan fingerprint density at radius 1 is 1.30 bits per heavy atom. The van der Waals surface area contributed by atoms with Gasteiger partial charge in [-0.15, -0.1) is 0 Å². The van der Waals surface area contributed by atoms with Crippen molar-refractivity contribution in [3.63, 3.8) is 0 Å². The maximum Gasteiger partial charge on any atom is 0.108 e. The highest BCUT2D eigenvalue weighted by Crippen LogP contribution is 2.34. The minimum atomic E-state index is 0.172. The van der Waals surface area contributed by atoms with Crippen LogP contribution in [0.1, 0.15) is 48.7 Å². The molecule has 0 fully saturated rings. The number of hydrogen-bond donors (Lipinski definition) is 1. The lowest BCUT2D eigenvalue weighted by Crippen LogP contribution is -2.27. The Hall–Kier alpha value is -0.960. The van der Waals surface area contributed by atoms with Crippen LogP contribution in [0.3, 0.4) is 0 Å². The SMILES string of the molecule is CC(NC1CCCc2occc21)c1ccc(Cl)cc1Cl. The summed E-state index contributed by atoms with van der Waals surface area (Å²) in [5.74, 6) is 1.11. The van der Waals surface area contributed by atoms with Crippen LogP contribution in [-0.2, 0) is 6.42 Å². The summed E-state index contributed by atoms with van der Waals surface area (Å²) in [6.07, 6.45) is 5.10. The normalized spacial score (nSPS) is 19.6. The molecule has 1 aromatic heterocycles. The molecule has 106 valence electrons. The lowest BCUT2D eigenvalue weighted by molar-refractivity contribution is 0.386. The summed E-state index contributed by atoms with van der Waals surface area (Å²) in [6, 6.07) is 8.24. The first-order chi connectivity index (χ1) is 9.65. The molecule has 0 bridgehead atoms. The Balaban J connectivity index is 1.79. The van der Waals surface area contributed by atoms with Gasteiger partial charge in [-0.1, -0.05) is 29.3 Å². The second-order valence-corrected chi connectivity index (χ2v) is 6.14. The Labute approximate surface area is 129 Å². The number of nitrogens with one attached hydrogen (secondary N) is 1. The maximum atomic E-state index is 6.28. The molecule has 1 heterocycles. The number of rotatable bonds is 3. The average molecular weight is 310 g/mol. The molecule has 0 radical (unpaired) electrons. The van der Waals surface area contributed by atoms with E-state index in [9.17, 15) is 0 Å². The molecule has 3 rings (SSSR count). The van der Waals surface area contributed by atoms with E-state index < -0.39 is 0 Å². The first kappa shape index (κ1) is 14.0. The highest BCUT2D eigenvalue weighted by molar-refractivity contribution is 6.35. The van der Waals surface area contributed by atoms with Crippen LogP contribution in [0.2, 0.25) is 10.0 Å².